The van der Waals surface area contributed by atoms with Crippen molar-refractivity contribution in [2.45, 2.75) is 12.5 Å². The molecule has 0 aliphatic rings. The Morgan fingerprint density at radius 3 is 2.65 bits per heavy atom. The number of rotatable bonds is 4. The largest absolute Gasteiger partial charge is 0.311 e. The number of nitrogens with one attached hydrogen (secondary N) is 1. The van der Waals surface area contributed by atoms with Crippen LogP contribution in [0.4, 0.5) is 0 Å². The van der Waals surface area contributed by atoms with Crippen molar-refractivity contribution in [2.75, 3.05) is 7.05 Å². The van der Waals surface area contributed by atoms with Crippen molar-refractivity contribution < 1.29 is 0 Å². The van der Waals surface area contributed by atoms with Gasteiger partial charge in [-0.2, -0.15) is 0 Å². The minimum absolute atomic E-state index is 0.175. The van der Waals surface area contributed by atoms with Crippen LogP contribution in [0.5, 0.6) is 0 Å². The molecule has 0 fully saturated rings. The number of pyridine rings is 2. The first kappa shape index (κ1) is 12.8. The second-order valence-electron chi connectivity index (χ2n) is 4.80. The molecular formula is C17H17N3. The molecule has 3 rings (SSSR count). The highest BCUT2D eigenvalue weighted by Gasteiger charge is 2.12. The zero-order valence-corrected chi connectivity index (χ0v) is 11.5. The van der Waals surface area contributed by atoms with Crippen molar-refractivity contribution in [3.63, 3.8) is 0 Å². The van der Waals surface area contributed by atoms with Crippen molar-refractivity contribution in [3.8, 4) is 0 Å². The minimum Gasteiger partial charge on any atom is -0.311 e. The topological polar surface area (TPSA) is 37.8 Å². The Morgan fingerprint density at radius 2 is 1.85 bits per heavy atom. The van der Waals surface area contributed by atoms with Gasteiger partial charge in [-0.15, -0.1) is 0 Å². The van der Waals surface area contributed by atoms with Gasteiger partial charge in [-0.25, -0.2) is 0 Å². The SMILES string of the molecule is CNC(Cc1ccccn1)c1ccc2ccccc2n1. The molecule has 1 aromatic carbocycles. The standard InChI is InChI=1S/C17H17N3/c1-18-17(12-14-7-4-5-11-19-14)16-10-9-13-6-2-3-8-15(13)20-16/h2-11,17-18H,12H2,1H3. The summed E-state index contributed by atoms with van der Waals surface area (Å²) in [6.07, 6.45) is 2.67. The fourth-order valence-electron chi connectivity index (χ4n) is 2.36. The lowest BCUT2D eigenvalue weighted by Crippen LogP contribution is -2.20. The molecule has 2 heterocycles. The zero-order chi connectivity index (χ0) is 13.8. The van der Waals surface area contributed by atoms with E-state index in [1.165, 1.54) is 5.39 Å². The maximum atomic E-state index is 4.75. The van der Waals surface area contributed by atoms with E-state index in [0.29, 0.717) is 0 Å². The molecular weight excluding hydrogens is 246 g/mol. The molecule has 1 N–H and O–H groups in total. The van der Waals surface area contributed by atoms with Gasteiger partial charge in [-0.1, -0.05) is 30.3 Å². The Balaban J connectivity index is 1.91. The molecule has 1 unspecified atom stereocenters. The van der Waals surface area contributed by atoms with E-state index in [9.17, 15) is 0 Å². The minimum atomic E-state index is 0.175. The molecule has 0 radical (unpaired) electrons. The number of hydrogen-bond donors (Lipinski definition) is 1. The third-order valence-corrected chi connectivity index (χ3v) is 3.46. The number of nitrogens with zero attached hydrogens (tertiary/aromatic N) is 2. The maximum Gasteiger partial charge on any atom is 0.0706 e. The van der Waals surface area contributed by atoms with Crippen LogP contribution in [0.1, 0.15) is 17.4 Å². The van der Waals surface area contributed by atoms with Gasteiger partial charge in [0.1, 0.15) is 0 Å². The fraction of sp³-hybridized carbons (Fsp3) is 0.176. The Bertz CT molecular complexity index is 695. The normalized spacial score (nSPS) is 12.4. The molecule has 0 aliphatic carbocycles. The van der Waals surface area contributed by atoms with Gasteiger partial charge < -0.3 is 5.32 Å². The van der Waals surface area contributed by atoms with Gasteiger partial charge in [0, 0.05) is 23.7 Å². The van der Waals surface area contributed by atoms with Crippen molar-refractivity contribution in [3.05, 3.63) is 72.2 Å². The number of fused-ring (bicyclic) bond motifs is 1. The van der Waals surface area contributed by atoms with Crippen LogP contribution in [-0.2, 0) is 6.42 Å². The van der Waals surface area contributed by atoms with E-state index in [1.807, 2.05) is 49.6 Å². The monoisotopic (exact) mass is 263 g/mol. The summed E-state index contributed by atoms with van der Waals surface area (Å²) in [5.74, 6) is 0. The average molecular weight is 263 g/mol. The van der Waals surface area contributed by atoms with Crippen molar-refractivity contribution in [1.29, 1.82) is 0 Å². The predicted molar refractivity (Wildman–Crippen MR) is 81.5 cm³/mol. The van der Waals surface area contributed by atoms with E-state index in [4.69, 9.17) is 4.98 Å². The van der Waals surface area contributed by atoms with Gasteiger partial charge in [0.15, 0.2) is 0 Å². The van der Waals surface area contributed by atoms with E-state index >= 15 is 0 Å². The van der Waals surface area contributed by atoms with Gasteiger partial charge in [0.25, 0.3) is 0 Å². The molecule has 0 saturated heterocycles. The fourth-order valence-corrected chi connectivity index (χ4v) is 2.36. The molecule has 2 aromatic heterocycles. The van der Waals surface area contributed by atoms with Crippen molar-refractivity contribution in [1.82, 2.24) is 15.3 Å². The predicted octanol–water partition coefficient (Wildman–Crippen LogP) is 3.13. The molecule has 0 spiro atoms. The van der Waals surface area contributed by atoms with Gasteiger partial charge in [0.05, 0.1) is 17.3 Å². The zero-order valence-electron chi connectivity index (χ0n) is 11.5. The van der Waals surface area contributed by atoms with Crippen LogP contribution in [0.3, 0.4) is 0 Å². The van der Waals surface area contributed by atoms with Gasteiger partial charge in [0.2, 0.25) is 0 Å². The van der Waals surface area contributed by atoms with Crippen LogP contribution in [-0.4, -0.2) is 17.0 Å². The highest BCUT2D eigenvalue weighted by molar-refractivity contribution is 5.78. The number of para-hydroxylation sites is 1. The average Bonchev–Trinajstić information content (AvgIpc) is 2.53. The lowest BCUT2D eigenvalue weighted by molar-refractivity contribution is 0.571. The van der Waals surface area contributed by atoms with Gasteiger partial charge in [-0.05, 0) is 31.3 Å². The summed E-state index contributed by atoms with van der Waals surface area (Å²) in [5.41, 5.74) is 3.16. The highest BCUT2D eigenvalue weighted by atomic mass is 14.9. The van der Waals surface area contributed by atoms with E-state index < -0.39 is 0 Å². The molecule has 1 atom stereocenters. The molecule has 3 aromatic rings. The van der Waals surface area contributed by atoms with Crippen LogP contribution < -0.4 is 5.32 Å². The molecule has 0 amide bonds. The summed E-state index contributed by atoms with van der Waals surface area (Å²) in [4.78, 5) is 9.14. The molecule has 20 heavy (non-hydrogen) atoms. The quantitative estimate of drug-likeness (QED) is 0.786. The number of benzene rings is 1. The van der Waals surface area contributed by atoms with Gasteiger partial charge in [-0.3, -0.25) is 9.97 Å². The summed E-state index contributed by atoms with van der Waals surface area (Å²) in [7, 11) is 1.96. The molecule has 0 bridgehead atoms. The second-order valence-corrected chi connectivity index (χ2v) is 4.80. The Labute approximate surface area is 118 Å². The van der Waals surface area contributed by atoms with Crippen LogP contribution in [0.2, 0.25) is 0 Å². The summed E-state index contributed by atoms with van der Waals surface area (Å²) in [6, 6.07) is 18.6. The summed E-state index contributed by atoms with van der Waals surface area (Å²) >= 11 is 0. The maximum absolute atomic E-state index is 4.75. The third kappa shape index (κ3) is 2.68. The molecule has 3 nitrogen and oxygen atoms in total. The smallest absolute Gasteiger partial charge is 0.0706 e. The Hall–Kier alpha value is -2.26. The second kappa shape index (κ2) is 5.80. The Morgan fingerprint density at radius 1 is 1.00 bits per heavy atom. The first-order valence-electron chi connectivity index (χ1n) is 6.79. The molecule has 100 valence electrons. The number of likely N-dealkylation sites (N-methyl/N-ethyl adjacent to an activating group) is 1. The van der Waals surface area contributed by atoms with Crippen LogP contribution in [0.15, 0.2) is 60.8 Å². The van der Waals surface area contributed by atoms with E-state index in [0.717, 1.165) is 23.3 Å². The summed E-state index contributed by atoms with van der Waals surface area (Å²) in [5, 5.41) is 4.50. The van der Waals surface area contributed by atoms with Crippen LogP contribution in [0, 0.1) is 0 Å². The molecule has 3 heteroatoms. The number of aromatic nitrogens is 2. The summed E-state index contributed by atoms with van der Waals surface area (Å²) < 4.78 is 0. The van der Waals surface area contributed by atoms with Gasteiger partial charge >= 0.3 is 0 Å². The first-order valence-corrected chi connectivity index (χ1v) is 6.79. The lowest BCUT2D eigenvalue weighted by Gasteiger charge is -2.15. The first-order chi connectivity index (χ1) is 9.86. The highest BCUT2D eigenvalue weighted by Crippen LogP contribution is 2.19. The Kier molecular flexibility index (Phi) is 3.70. The van der Waals surface area contributed by atoms with Crippen molar-refractivity contribution in [2.24, 2.45) is 0 Å². The van der Waals surface area contributed by atoms with Crippen molar-refractivity contribution >= 4 is 10.9 Å². The lowest BCUT2D eigenvalue weighted by atomic mass is 10.1. The van der Waals surface area contributed by atoms with E-state index in [-0.39, 0.29) is 6.04 Å². The van der Waals surface area contributed by atoms with E-state index in [1.54, 1.807) is 0 Å². The van der Waals surface area contributed by atoms with Crippen LogP contribution in [0.25, 0.3) is 10.9 Å². The van der Waals surface area contributed by atoms with E-state index in [2.05, 4.69) is 28.5 Å². The molecule has 0 aliphatic heterocycles. The molecule has 0 saturated carbocycles. The summed E-state index contributed by atoms with van der Waals surface area (Å²) in [6.45, 7) is 0. The third-order valence-electron chi connectivity index (χ3n) is 3.46. The van der Waals surface area contributed by atoms with Crippen LogP contribution >= 0.6 is 0 Å². The number of hydrogen-bond acceptors (Lipinski definition) is 3.